The first-order chi connectivity index (χ1) is 9.43. The van der Waals surface area contributed by atoms with Crippen LogP contribution in [0.3, 0.4) is 0 Å². The summed E-state index contributed by atoms with van der Waals surface area (Å²) in [4.78, 5) is 11.6. The van der Waals surface area contributed by atoms with E-state index in [0.29, 0.717) is 19.4 Å². The monoisotopic (exact) mass is 286 g/mol. The van der Waals surface area contributed by atoms with Gasteiger partial charge in [0.05, 0.1) is 11.6 Å². The van der Waals surface area contributed by atoms with Crippen molar-refractivity contribution in [3.05, 3.63) is 35.4 Å². The lowest BCUT2D eigenvalue weighted by atomic mass is 9.83. The van der Waals surface area contributed by atoms with Gasteiger partial charge in [-0.2, -0.15) is 13.2 Å². The van der Waals surface area contributed by atoms with E-state index in [0.717, 1.165) is 6.07 Å². The molecule has 1 amide bonds. The molecule has 110 valence electrons. The molecule has 0 aromatic heterocycles. The molecule has 0 spiro atoms. The van der Waals surface area contributed by atoms with E-state index in [9.17, 15) is 18.0 Å². The number of alkyl halides is 3. The highest BCUT2D eigenvalue weighted by atomic mass is 19.4. The number of likely N-dealkylation sites (N-methyl/N-ethyl adjacent to an activating group) is 1. The molecule has 0 bridgehead atoms. The van der Waals surface area contributed by atoms with Crippen LogP contribution < -0.4 is 10.6 Å². The van der Waals surface area contributed by atoms with Gasteiger partial charge in [-0.3, -0.25) is 4.79 Å². The molecule has 20 heavy (non-hydrogen) atoms. The van der Waals surface area contributed by atoms with E-state index < -0.39 is 17.8 Å². The van der Waals surface area contributed by atoms with Crippen molar-refractivity contribution in [2.24, 2.45) is 0 Å². The van der Waals surface area contributed by atoms with Crippen molar-refractivity contribution < 1.29 is 18.0 Å². The van der Waals surface area contributed by atoms with Gasteiger partial charge in [0.1, 0.15) is 0 Å². The van der Waals surface area contributed by atoms with Gasteiger partial charge < -0.3 is 10.6 Å². The largest absolute Gasteiger partial charge is 0.416 e. The van der Waals surface area contributed by atoms with Crippen molar-refractivity contribution in [2.45, 2.75) is 31.0 Å². The molecule has 1 saturated heterocycles. The molecule has 6 heteroatoms. The van der Waals surface area contributed by atoms with Crippen molar-refractivity contribution in [3.8, 4) is 0 Å². The first kappa shape index (κ1) is 14.8. The standard InChI is InChI=1S/C14H17F3N2O/c1-18-13(20)12-8-9(6-7-19-12)10-4-2-3-5-11(10)14(15,16)17/h2-5,9,12,19H,6-8H2,1H3,(H,18,20). The number of nitrogens with one attached hydrogen (secondary N) is 2. The summed E-state index contributed by atoms with van der Waals surface area (Å²) in [5.74, 6) is -0.435. The van der Waals surface area contributed by atoms with Crippen LogP contribution in [-0.4, -0.2) is 25.5 Å². The average molecular weight is 286 g/mol. The number of piperidine rings is 1. The molecule has 3 nitrogen and oxygen atoms in total. The number of hydrogen-bond donors (Lipinski definition) is 2. The predicted octanol–water partition coefficient (Wildman–Crippen LogP) is 2.29. The summed E-state index contributed by atoms with van der Waals surface area (Å²) in [5, 5.41) is 5.56. The molecule has 1 aliphatic heterocycles. The highest BCUT2D eigenvalue weighted by Gasteiger charge is 2.36. The molecule has 0 aliphatic carbocycles. The Morgan fingerprint density at radius 2 is 2.05 bits per heavy atom. The van der Waals surface area contributed by atoms with Crippen molar-refractivity contribution in [2.75, 3.05) is 13.6 Å². The third-order valence-corrected chi connectivity index (χ3v) is 3.67. The highest BCUT2D eigenvalue weighted by molar-refractivity contribution is 5.81. The topological polar surface area (TPSA) is 41.1 Å². The molecular formula is C14H17F3N2O. The molecule has 1 heterocycles. The van der Waals surface area contributed by atoms with Gasteiger partial charge >= 0.3 is 6.18 Å². The normalized spacial score (nSPS) is 23.4. The maximum atomic E-state index is 13.0. The summed E-state index contributed by atoms with van der Waals surface area (Å²) in [6.07, 6.45) is -3.38. The smallest absolute Gasteiger partial charge is 0.358 e. The second kappa shape index (κ2) is 5.83. The molecule has 2 rings (SSSR count). The van der Waals surface area contributed by atoms with Gasteiger partial charge in [-0.25, -0.2) is 0 Å². The first-order valence-corrected chi connectivity index (χ1v) is 6.54. The van der Waals surface area contributed by atoms with Gasteiger partial charge in [-0.15, -0.1) is 0 Å². The fraction of sp³-hybridized carbons (Fsp3) is 0.500. The Hall–Kier alpha value is -1.56. The number of halogens is 3. The maximum absolute atomic E-state index is 13.0. The zero-order chi connectivity index (χ0) is 14.8. The van der Waals surface area contributed by atoms with Crippen molar-refractivity contribution in [1.29, 1.82) is 0 Å². The van der Waals surface area contributed by atoms with Crippen LogP contribution in [0, 0.1) is 0 Å². The summed E-state index contributed by atoms with van der Waals surface area (Å²) in [6.45, 7) is 0.537. The Morgan fingerprint density at radius 3 is 2.70 bits per heavy atom. The molecule has 1 aromatic carbocycles. The van der Waals surface area contributed by atoms with E-state index in [-0.39, 0.29) is 17.4 Å². The summed E-state index contributed by atoms with van der Waals surface area (Å²) in [6, 6.07) is 5.19. The summed E-state index contributed by atoms with van der Waals surface area (Å²) in [7, 11) is 1.53. The molecular weight excluding hydrogens is 269 g/mol. The number of rotatable bonds is 2. The Kier molecular flexibility index (Phi) is 4.32. The van der Waals surface area contributed by atoms with Gasteiger partial charge in [0.25, 0.3) is 0 Å². The van der Waals surface area contributed by atoms with E-state index >= 15 is 0 Å². The number of amides is 1. The van der Waals surface area contributed by atoms with Crippen LogP contribution in [0.5, 0.6) is 0 Å². The molecule has 2 N–H and O–H groups in total. The van der Waals surface area contributed by atoms with Crippen LogP contribution in [0.15, 0.2) is 24.3 Å². The summed E-state index contributed by atoms with van der Waals surface area (Å²) < 4.78 is 39.1. The van der Waals surface area contributed by atoms with Crippen LogP contribution in [-0.2, 0) is 11.0 Å². The predicted molar refractivity (Wildman–Crippen MR) is 69.3 cm³/mol. The second-order valence-corrected chi connectivity index (χ2v) is 4.93. The molecule has 0 saturated carbocycles. The molecule has 1 aromatic rings. The average Bonchev–Trinajstić information content (AvgIpc) is 2.45. The van der Waals surface area contributed by atoms with E-state index in [2.05, 4.69) is 10.6 Å². The van der Waals surface area contributed by atoms with Crippen LogP contribution in [0.1, 0.15) is 29.9 Å². The lowest BCUT2D eigenvalue weighted by Gasteiger charge is -2.31. The third-order valence-electron chi connectivity index (χ3n) is 3.67. The number of hydrogen-bond acceptors (Lipinski definition) is 2. The SMILES string of the molecule is CNC(=O)C1CC(c2ccccc2C(F)(F)F)CCN1. The number of carbonyl (C=O) groups excluding carboxylic acids is 1. The Balaban J connectivity index is 2.26. The Labute approximate surface area is 115 Å². The lowest BCUT2D eigenvalue weighted by Crippen LogP contribution is -2.47. The first-order valence-electron chi connectivity index (χ1n) is 6.54. The van der Waals surface area contributed by atoms with Crippen LogP contribution in [0.25, 0.3) is 0 Å². The number of carbonyl (C=O) groups is 1. The van der Waals surface area contributed by atoms with Crippen LogP contribution in [0.2, 0.25) is 0 Å². The van der Waals surface area contributed by atoms with E-state index in [4.69, 9.17) is 0 Å². The fourth-order valence-electron chi connectivity index (χ4n) is 2.69. The van der Waals surface area contributed by atoms with E-state index in [1.807, 2.05) is 0 Å². The fourth-order valence-corrected chi connectivity index (χ4v) is 2.69. The minimum atomic E-state index is -4.36. The molecule has 2 atom stereocenters. The van der Waals surface area contributed by atoms with Crippen LogP contribution >= 0.6 is 0 Å². The Bertz CT molecular complexity index is 488. The van der Waals surface area contributed by atoms with Gasteiger partial charge in [-0.1, -0.05) is 18.2 Å². The lowest BCUT2D eigenvalue weighted by molar-refractivity contribution is -0.138. The number of benzene rings is 1. The molecule has 1 aliphatic rings. The Morgan fingerprint density at radius 1 is 1.35 bits per heavy atom. The summed E-state index contributed by atoms with van der Waals surface area (Å²) >= 11 is 0. The maximum Gasteiger partial charge on any atom is 0.416 e. The van der Waals surface area contributed by atoms with Crippen LogP contribution in [0.4, 0.5) is 13.2 Å². The molecule has 2 unspecified atom stereocenters. The molecule has 1 fully saturated rings. The third kappa shape index (κ3) is 3.12. The minimum Gasteiger partial charge on any atom is -0.358 e. The summed E-state index contributed by atoms with van der Waals surface area (Å²) in [5.41, 5.74) is -0.307. The minimum absolute atomic E-state index is 0.181. The van der Waals surface area contributed by atoms with Crippen molar-refractivity contribution >= 4 is 5.91 Å². The van der Waals surface area contributed by atoms with E-state index in [1.54, 1.807) is 6.07 Å². The van der Waals surface area contributed by atoms with Gasteiger partial charge in [0.2, 0.25) is 5.91 Å². The van der Waals surface area contributed by atoms with Crippen molar-refractivity contribution in [3.63, 3.8) is 0 Å². The highest BCUT2D eigenvalue weighted by Crippen LogP contribution is 2.38. The molecule has 0 radical (unpaired) electrons. The van der Waals surface area contributed by atoms with Gasteiger partial charge in [0, 0.05) is 7.05 Å². The zero-order valence-corrected chi connectivity index (χ0v) is 11.1. The zero-order valence-electron chi connectivity index (χ0n) is 11.1. The van der Waals surface area contributed by atoms with Crippen molar-refractivity contribution in [1.82, 2.24) is 10.6 Å². The second-order valence-electron chi connectivity index (χ2n) is 4.93. The van der Waals surface area contributed by atoms with Gasteiger partial charge in [-0.05, 0) is 36.9 Å². The van der Waals surface area contributed by atoms with E-state index in [1.165, 1.54) is 19.2 Å². The quantitative estimate of drug-likeness (QED) is 0.876. The van der Waals surface area contributed by atoms with Gasteiger partial charge in [0.15, 0.2) is 0 Å².